The van der Waals surface area contributed by atoms with Gasteiger partial charge in [0.2, 0.25) is 0 Å². The zero-order valence-electron chi connectivity index (χ0n) is 10.7. The Balaban J connectivity index is 1.85. The summed E-state index contributed by atoms with van der Waals surface area (Å²) < 4.78 is 4.23. The lowest BCUT2D eigenvalue weighted by atomic mass is 10.1. The van der Waals surface area contributed by atoms with E-state index in [2.05, 4.69) is 19.7 Å². The topological polar surface area (TPSA) is 76.7 Å². The molecule has 0 bridgehead atoms. The quantitative estimate of drug-likeness (QED) is 0.770. The second-order valence-corrected chi connectivity index (χ2v) is 4.99. The first-order valence-electron chi connectivity index (χ1n) is 6.13. The van der Waals surface area contributed by atoms with Gasteiger partial charge in [-0.05, 0) is 46.9 Å². The summed E-state index contributed by atoms with van der Waals surface area (Å²) in [6.07, 6.45) is 7.06. The SMILES string of the molecule is Nc1nsc(NCc2ccncc2)c1-c1ccncc1. The maximum Gasteiger partial charge on any atom is 0.147 e. The van der Waals surface area contributed by atoms with Gasteiger partial charge in [-0.1, -0.05) is 0 Å². The van der Waals surface area contributed by atoms with Crippen molar-refractivity contribution in [2.24, 2.45) is 0 Å². The number of pyridine rings is 2. The van der Waals surface area contributed by atoms with Gasteiger partial charge in [-0.15, -0.1) is 0 Å². The largest absolute Gasteiger partial charge is 0.382 e. The average Bonchev–Trinajstić information content (AvgIpc) is 2.88. The fourth-order valence-electron chi connectivity index (χ4n) is 1.90. The molecule has 3 N–H and O–H groups in total. The fraction of sp³-hybridized carbons (Fsp3) is 0.0714. The summed E-state index contributed by atoms with van der Waals surface area (Å²) in [4.78, 5) is 8.03. The number of nitrogens with two attached hydrogens (primary N) is 1. The molecule has 0 atom stereocenters. The molecule has 3 aromatic heterocycles. The van der Waals surface area contributed by atoms with Crippen molar-refractivity contribution >= 4 is 22.4 Å². The molecule has 3 rings (SSSR count). The molecular formula is C14H13N5S. The average molecular weight is 283 g/mol. The van der Waals surface area contributed by atoms with Gasteiger partial charge in [-0.3, -0.25) is 9.97 Å². The van der Waals surface area contributed by atoms with E-state index in [-0.39, 0.29) is 0 Å². The molecule has 0 saturated heterocycles. The second-order valence-electron chi connectivity index (χ2n) is 4.22. The molecule has 20 heavy (non-hydrogen) atoms. The van der Waals surface area contributed by atoms with E-state index in [9.17, 15) is 0 Å². The van der Waals surface area contributed by atoms with Crippen molar-refractivity contribution in [2.45, 2.75) is 6.54 Å². The Morgan fingerprint density at radius 3 is 2.35 bits per heavy atom. The van der Waals surface area contributed by atoms with Gasteiger partial charge in [-0.25, -0.2) is 0 Å². The van der Waals surface area contributed by atoms with Crippen LogP contribution in [0.3, 0.4) is 0 Å². The van der Waals surface area contributed by atoms with E-state index in [0.717, 1.165) is 21.7 Å². The first-order chi connectivity index (χ1) is 9.84. The Hall–Kier alpha value is -2.47. The molecule has 0 aliphatic heterocycles. The van der Waals surface area contributed by atoms with Crippen molar-refractivity contribution in [1.29, 1.82) is 0 Å². The highest BCUT2D eigenvalue weighted by Gasteiger charge is 2.13. The smallest absolute Gasteiger partial charge is 0.147 e. The van der Waals surface area contributed by atoms with Crippen LogP contribution in [0.1, 0.15) is 5.56 Å². The van der Waals surface area contributed by atoms with Crippen molar-refractivity contribution in [1.82, 2.24) is 14.3 Å². The minimum absolute atomic E-state index is 0.540. The van der Waals surface area contributed by atoms with E-state index in [4.69, 9.17) is 5.73 Å². The van der Waals surface area contributed by atoms with Crippen LogP contribution in [0.4, 0.5) is 10.8 Å². The molecule has 3 heterocycles. The van der Waals surface area contributed by atoms with Crippen LogP contribution in [0.5, 0.6) is 0 Å². The van der Waals surface area contributed by atoms with Crippen molar-refractivity contribution in [3.05, 3.63) is 54.6 Å². The summed E-state index contributed by atoms with van der Waals surface area (Å²) in [5.41, 5.74) is 9.08. The van der Waals surface area contributed by atoms with Crippen LogP contribution in [-0.4, -0.2) is 14.3 Å². The first kappa shape index (κ1) is 12.6. The van der Waals surface area contributed by atoms with Crippen molar-refractivity contribution < 1.29 is 0 Å². The Labute approximate surface area is 120 Å². The number of nitrogens with one attached hydrogen (secondary N) is 1. The molecule has 0 aromatic carbocycles. The lowest BCUT2D eigenvalue weighted by Gasteiger charge is -2.07. The fourth-order valence-corrected chi connectivity index (χ4v) is 2.63. The number of nitrogens with zero attached hydrogens (tertiary/aromatic N) is 3. The van der Waals surface area contributed by atoms with Crippen molar-refractivity contribution in [3.8, 4) is 11.1 Å². The summed E-state index contributed by atoms with van der Waals surface area (Å²) in [6.45, 7) is 0.711. The highest BCUT2D eigenvalue weighted by atomic mass is 32.1. The molecule has 100 valence electrons. The van der Waals surface area contributed by atoms with E-state index in [1.54, 1.807) is 24.8 Å². The van der Waals surface area contributed by atoms with E-state index < -0.39 is 0 Å². The highest BCUT2D eigenvalue weighted by Crippen LogP contribution is 2.36. The van der Waals surface area contributed by atoms with Crippen molar-refractivity contribution in [2.75, 3.05) is 11.1 Å². The molecule has 0 aliphatic carbocycles. The normalized spacial score (nSPS) is 10.4. The van der Waals surface area contributed by atoms with E-state index in [1.807, 2.05) is 24.3 Å². The van der Waals surface area contributed by atoms with Gasteiger partial charge < -0.3 is 11.1 Å². The van der Waals surface area contributed by atoms with Crippen LogP contribution >= 0.6 is 11.5 Å². The number of hydrogen-bond donors (Lipinski definition) is 2. The molecule has 0 radical (unpaired) electrons. The number of aromatic nitrogens is 3. The van der Waals surface area contributed by atoms with Crippen LogP contribution in [-0.2, 0) is 6.54 Å². The number of anilines is 2. The Morgan fingerprint density at radius 2 is 1.65 bits per heavy atom. The highest BCUT2D eigenvalue weighted by molar-refractivity contribution is 7.11. The van der Waals surface area contributed by atoms with Crippen LogP contribution in [0.15, 0.2) is 49.1 Å². The summed E-state index contributed by atoms with van der Waals surface area (Å²) in [7, 11) is 0. The predicted molar refractivity (Wildman–Crippen MR) is 81.3 cm³/mol. The molecule has 6 heteroatoms. The zero-order valence-corrected chi connectivity index (χ0v) is 11.5. The maximum absolute atomic E-state index is 5.97. The van der Waals surface area contributed by atoms with Gasteiger partial charge in [0.05, 0.1) is 5.56 Å². The third-order valence-electron chi connectivity index (χ3n) is 2.89. The minimum Gasteiger partial charge on any atom is -0.382 e. The van der Waals surface area contributed by atoms with Gasteiger partial charge in [0.15, 0.2) is 0 Å². The molecule has 0 unspecified atom stereocenters. The van der Waals surface area contributed by atoms with E-state index in [0.29, 0.717) is 12.4 Å². The molecule has 5 nitrogen and oxygen atoms in total. The van der Waals surface area contributed by atoms with Crippen LogP contribution < -0.4 is 11.1 Å². The van der Waals surface area contributed by atoms with E-state index in [1.165, 1.54) is 11.5 Å². The van der Waals surface area contributed by atoms with Crippen LogP contribution in [0.2, 0.25) is 0 Å². The maximum atomic E-state index is 5.97. The summed E-state index contributed by atoms with van der Waals surface area (Å²) in [6, 6.07) is 7.81. The first-order valence-corrected chi connectivity index (χ1v) is 6.90. The lowest BCUT2D eigenvalue weighted by Crippen LogP contribution is -1.99. The number of hydrogen-bond acceptors (Lipinski definition) is 6. The molecular weight excluding hydrogens is 270 g/mol. The minimum atomic E-state index is 0.540. The second kappa shape index (κ2) is 5.66. The monoisotopic (exact) mass is 283 g/mol. The number of rotatable bonds is 4. The van der Waals surface area contributed by atoms with Gasteiger partial charge in [0, 0.05) is 31.3 Å². The Kier molecular flexibility index (Phi) is 3.56. The zero-order chi connectivity index (χ0) is 13.8. The Bertz CT molecular complexity index is 681. The lowest BCUT2D eigenvalue weighted by molar-refractivity contribution is 1.14. The summed E-state index contributed by atoms with van der Waals surface area (Å²) in [5, 5.41) is 4.34. The van der Waals surface area contributed by atoms with Crippen LogP contribution in [0.25, 0.3) is 11.1 Å². The van der Waals surface area contributed by atoms with E-state index >= 15 is 0 Å². The van der Waals surface area contributed by atoms with Gasteiger partial charge in [-0.2, -0.15) is 4.37 Å². The third kappa shape index (κ3) is 2.60. The van der Waals surface area contributed by atoms with Crippen LogP contribution in [0, 0.1) is 0 Å². The third-order valence-corrected chi connectivity index (χ3v) is 3.71. The summed E-state index contributed by atoms with van der Waals surface area (Å²) in [5.74, 6) is 0.540. The predicted octanol–water partition coefficient (Wildman–Crippen LogP) is 2.79. The standard InChI is InChI=1S/C14H13N5S/c15-13-12(11-3-7-17-8-4-11)14(20-19-13)18-9-10-1-5-16-6-2-10/h1-8,18H,9H2,(H2,15,19). The Morgan fingerprint density at radius 1 is 1.00 bits per heavy atom. The molecule has 0 aliphatic rings. The summed E-state index contributed by atoms with van der Waals surface area (Å²) >= 11 is 1.37. The molecule has 0 amide bonds. The number of nitrogen functional groups attached to an aromatic ring is 1. The van der Waals surface area contributed by atoms with Gasteiger partial charge in [0.1, 0.15) is 10.8 Å². The molecule has 0 saturated carbocycles. The molecule has 3 aromatic rings. The molecule has 0 fully saturated rings. The van der Waals surface area contributed by atoms with Gasteiger partial charge in [0.25, 0.3) is 0 Å². The van der Waals surface area contributed by atoms with Gasteiger partial charge >= 0.3 is 0 Å². The van der Waals surface area contributed by atoms with Crippen molar-refractivity contribution in [3.63, 3.8) is 0 Å². The molecule has 0 spiro atoms.